The van der Waals surface area contributed by atoms with E-state index >= 15 is 0 Å². The molecule has 0 bridgehead atoms. The zero-order valence-electron chi connectivity index (χ0n) is 12.7. The first kappa shape index (κ1) is 16.3. The number of aromatic carboxylic acids is 1. The standard InChI is InChI=1S/C14H17N5O4/c1-7(2)23-10-4-3-8(5-9(10)15)13-12(14(21)22)17-18-19(13)6-11(16)20/h3-5,7H,6,15H2,1-2H3,(H2,16,20)(H,21,22). The molecule has 9 nitrogen and oxygen atoms in total. The molecule has 122 valence electrons. The summed E-state index contributed by atoms with van der Waals surface area (Å²) in [6.07, 6.45) is -0.0558. The third kappa shape index (κ3) is 3.57. The first-order valence-corrected chi connectivity index (χ1v) is 6.81. The number of hydrogen-bond acceptors (Lipinski definition) is 6. The zero-order valence-corrected chi connectivity index (χ0v) is 12.7. The first-order valence-electron chi connectivity index (χ1n) is 6.81. The number of primary amides is 1. The lowest BCUT2D eigenvalue weighted by molar-refractivity contribution is -0.118. The highest BCUT2D eigenvalue weighted by atomic mass is 16.5. The molecule has 1 amide bonds. The van der Waals surface area contributed by atoms with Crippen LogP contribution in [0, 0.1) is 0 Å². The van der Waals surface area contributed by atoms with Gasteiger partial charge in [0.05, 0.1) is 11.8 Å². The van der Waals surface area contributed by atoms with E-state index in [-0.39, 0.29) is 24.0 Å². The van der Waals surface area contributed by atoms with Gasteiger partial charge in [0.1, 0.15) is 18.0 Å². The third-order valence-electron chi connectivity index (χ3n) is 2.89. The van der Waals surface area contributed by atoms with Gasteiger partial charge in [0.25, 0.3) is 0 Å². The lowest BCUT2D eigenvalue weighted by Crippen LogP contribution is -2.20. The molecule has 0 unspecified atom stereocenters. The van der Waals surface area contributed by atoms with Gasteiger partial charge in [-0.25, -0.2) is 9.48 Å². The number of carboxylic acid groups (broad SMARTS) is 1. The molecule has 0 aliphatic carbocycles. The lowest BCUT2D eigenvalue weighted by Gasteiger charge is -2.13. The van der Waals surface area contributed by atoms with Gasteiger partial charge >= 0.3 is 5.97 Å². The van der Waals surface area contributed by atoms with Gasteiger partial charge in [-0.05, 0) is 32.0 Å². The molecule has 23 heavy (non-hydrogen) atoms. The number of carboxylic acids is 1. The molecule has 9 heteroatoms. The number of amides is 1. The van der Waals surface area contributed by atoms with Crippen LogP contribution in [0.3, 0.4) is 0 Å². The molecule has 0 fully saturated rings. The Bertz CT molecular complexity index is 754. The van der Waals surface area contributed by atoms with Crippen molar-refractivity contribution in [1.29, 1.82) is 0 Å². The number of nitrogen functional groups attached to an aromatic ring is 1. The quantitative estimate of drug-likeness (QED) is 0.657. The van der Waals surface area contributed by atoms with Crippen molar-refractivity contribution in [3.63, 3.8) is 0 Å². The fourth-order valence-corrected chi connectivity index (χ4v) is 2.06. The van der Waals surface area contributed by atoms with Crippen molar-refractivity contribution in [1.82, 2.24) is 15.0 Å². The molecule has 0 radical (unpaired) electrons. The Morgan fingerprint density at radius 2 is 2.09 bits per heavy atom. The van der Waals surface area contributed by atoms with Crippen molar-refractivity contribution in [3.05, 3.63) is 23.9 Å². The average Bonchev–Trinajstić information content (AvgIpc) is 2.83. The zero-order chi connectivity index (χ0) is 17.1. The van der Waals surface area contributed by atoms with Gasteiger partial charge in [0.2, 0.25) is 5.91 Å². The number of carbonyl (C=O) groups is 2. The number of hydrogen-bond donors (Lipinski definition) is 3. The van der Waals surface area contributed by atoms with Crippen molar-refractivity contribution in [3.8, 4) is 17.0 Å². The number of carbonyl (C=O) groups excluding carboxylic acids is 1. The molecule has 2 rings (SSSR count). The Morgan fingerprint density at radius 1 is 1.39 bits per heavy atom. The van der Waals surface area contributed by atoms with E-state index in [1.54, 1.807) is 18.2 Å². The molecule has 0 aliphatic rings. The molecule has 2 aromatic rings. The Labute approximate surface area is 131 Å². The van der Waals surface area contributed by atoms with Crippen molar-refractivity contribution in [2.75, 3.05) is 5.73 Å². The molecule has 0 aliphatic heterocycles. The predicted octanol–water partition coefficient (Wildman–Crippen LogP) is 0.498. The molecule has 0 spiro atoms. The van der Waals surface area contributed by atoms with Crippen LogP contribution in [-0.4, -0.2) is 38.1 Å². The van der Waals surface area contributed by atoms with E-state index in [1.807, 2.05) is 13.8 Å². The summed E-state index contributed by atoms with van der Waals surface area (Å²) >= 11 is 0. The number of nitrogens with zero attached hydrogens (tertiary/aromatic N) is 3. The van der Waals surface area contributed by atoms with Crippen LogP contribution in [0.15, 0.2) is 18.2 Å². The highest BCUT2D eigenvalue weighted by molar-refractivity contribution is 5.93. The summed E-state index contributed by atoms with van der Waals surface area (Å²) in [4.78, 5) is 22.4. The van der Waals surface area contributed by atoms with Crippen molar-refractivity contribution >= 4 is 17.6 Å². The minimum Gasteiger partial charge on any atom is -0.489 e. The Kier molecular flexibility index (Phi) is 4.49. The monoisotopic (exact) mass is 319 g/mol. The van der Waals surface area contributed by atoms with Crippen molar-refractivity contribution < 1.29 is 19.4 Å². The lowest BCUT2D eigenvalue weighted by atomic mass is 10.1. The Hall–Kier alpha value is -3.10. The fourth-order valence-electron chi connectivity index (χ4n) is 2.06. The first-order chi connectivity index (χ1) is 10.8. The highest BCUT2D eigenvalue weighted by Gasteiger charge is 2.22. The summed E-state index contributed by atoms with van der Waals surface area (Å²) in [5.41, 5.74) is 11.7. The maximum atomic E-state index is 11.3. The van der Waals surface area contributed by atoms with Gasteiger partial charge in [-0.2, -0.15) is 0 Å². The average molecular weight is 319 g/mol. The fraction of sp³-hybridized carbons (Fsp3) is 0.286. The summed E-state index contributed by atoms with van der Waals surface area (Å²) < 4.78 is 6.66. The summed E-state index contributed by atoms with van der Waals surface area (Å²) in [7, 11) is 0. The second kappa shape index (κ2) is 6.34. The van der Waals surface area contributed by atoms with E-state index in [0.29, 0.717) is 17.0 Å². The largest absolute Gasteiger partial charge is 0.489 e. The summed E-state index contributed by atoms with van der Waals surface area (Å²) in [6, 6.07) is 4.79. The molecule has 5 N–H and O–H groups in total. The minimum absolute atomic E-state index is 0.0558. The molecule has 0 saturated heterocycles. The van der Waals surface area contributed by atoms with Gasteiger partial charge in [0.15, 0.2) is 5.69 Å². The van der Waals surface area contributed by atoms with E-state index in [0.717, 1.165) is 4.68 Å². The van der Waals surface area contributed by atoms with Gasteiger partial charge in [-0.3, -0.25) is 4.79 Å². The maximum Gasteiger partial charge on any atom is 0.358 e. The van der Waals surface area contributed by atoms with Gasteiger partial charge < -0.3 is 21.3 Å². The van der Waals surface area contributed by atoms with Crippen LogP contribution < -0.4 is 16.2 Å². The number of anilines is 1. The number of rotatable bonds is 6. The number of nitrogens with two attached hydrogens (primary N) is 2. The van der Waals surface area contributed by atoms with Gasteiger partial charge in [0, 0.05) is 5.56 Å². The van der Waals surface area contributed by atoms with E-state index < -0.39 is 11.9 Å². The minimum atomic E-state index is -1.27. The Balaban J connectivity index is 2.52. The topological polar surface area (TPSA) is 146 Å². The second-order valence-electron chi connectivity index (χ2n) is 5.13. The molecular formula is C14H17N5O4. The normalized spacial score (nSPS) is 10.7. The SMILES string of the molecule is CC(C)Oc1ccc(-c2c(C(=O)O)nnn2CC(N)=O)cc1N. The number of ether oxygens (including phenoxy) is 1. The van der Waals surface area contributed by atoms with Crippen LogP contribution in [0.25, 0.3) is 11.3 Å². The smallest absolute Gasteiger partial charge is 0.358 e. The third-order valence-corrected chi connectivity index (χ3v) is 2.89. The van der Waals surface area contributed by atoms with Crippen molar-refractivity contribution in [2.45, 2.75) is 26.5 Å². The summed E-state index contributed by atoms with van der Waals surface area (Å²) in [5.74, 6) is -1.45. The van der Waals surface area contributed by atoms with Gasteiger partial charge in [-0.1, -0.05) is 5.21 Å². The van der Waals surface area contributed by atoms with Crippen LogP contribution in [0.5, 0.6) is 5.75 Å². The van der Waals surface area contributed by atoms with Crippen LogP contribution in [0.2, 0.25) is 0 Å². The molecule has 1 aromatic heterocycles. The molecule has 0 saturated carbocycles. The van der Waals surface area contributed by atoms with Crippen LogP contribution in [0.1, 0.15) is 24.3 Å². The van der Waals surface area contributed by atoms with E-state index in [9.17, 15) is 14.7 Å². The van der Waals surface area contributed by atoms with Crippen LogP contribution in [0.4, 0.5) is 5.69 Å². The van der Waals surface area contributed by atoms with Crippen molar-refractivity contribution in [2.24, 2.45) is 5.73 Å². The number of aromatic nitrogens is 3. The van der Waals surface area contributed by atoms with Crippen LogP contribution >= 0.6 is 0 Å². The molecule has 0 atom stereocenters. The maximum absolute atomic E-state index is 11.3. The van der Waals surface area contributed by atoms with E-state index in [1.165, 1.54) is 0 Å². The number of benzene rings is 1. The molecular weight excluding hydrogens is 302 g/mol. The highest BCUT2D eigenvalue weighted by Crippen LogP contribution is 2.30. The van der Waals surface area contributed by atoms with Gasteiger partial charge in [-0.15, -0.1) is 5.10 Å². The Morgan fingerprint density at radius 3 is 2.61 bits per heavy atom. The van der Waals surface area contributed by atoms with E-state index in [2.05, 4.69) is 10.3 Å². The summed E-state index contributed by atoms with van der Waals surface area (Å²) in [6.45, 7) is 3.43. The molecule has 1 aromatic carbocycles. The molecule has 1 heterocycles. The van der Waals surface area contributed by atoms with Crippen LogP contribution in [-0.2, 0) is 11.3 Å². The van der Waals surface area contributed by atoms with E-state index in [4.69, 9.17) is 16.2 Å². The second-order valence-corrected chi connectivity index (χ2v) is 5.13. The summed E-state index contributed by atoms with van der Waals surface area (Å²) in [5, 5.41) is 16.5. The predicted molar refractivity (Wildman–Crippen MR) is 81.8 cm³/mol.